The summed E-state index contributed by atoms with van der Waals surface area (Å²) in [6.07, 6.45) is 2.27. The Hall–Kier alpha value is -2.24. The van der Waals surface area contributed by atoms with E-state index in [1.54, 1.807) is 11.9 Å². The lowest BCUT2D eigenvalue weighted by atomic mass is 10.2. The van der Waals surface area contributed by atoms with Gasteiger partial charge in [-0.3, -0.25) is 0 Å². The van der Waals surface area contributed by atoms with Crippen molar-refractivity contribution < 1.29 is 19.8 Å². The average Bonchev–Trinajstić information content (AvgIpc) is 3.23. The quantitative estimate of drug-likeness (QED) is 0.737. The van der Waals surface area contributed by atoms with Crippen molar-refractivity contribution in [3.05, 3.63) is 23.8 Å². The van der Waals surface area contributed by atoms with Crippen molar-refractivity contribution >= 4 is 17.7 Å². The van der Waals surface area contributed by atoms with Crippen molar-refractivity contribution in [2.24, 2.45) is 5.92 Å². The van der Waals surface area contributed by atoms with Crippen LogP contribution in [-0.4, -0.2) is 40.2 Å². The van der Waals surface area contributed by atoms with E-state index >= 15 is 0 Å². The highest BCUT2D eigenvalue weighted by molar-refractivity contribution is 5.93. The summed E-state index contributed by atoms with van der Waals surface area (Å²) in [6, 6.07) is 3.66. The van der Waals surface area contributed by atoms with Gasteiger partial charge in [0.15, 0.2) is 0 Å². The zero-order valence-corrected chi connectivity index (χ0v) is 11.5. The third kappa shape index (κ3) is 3.01. The van der Waals surface area contributed by atoms with Crippen LogP contribution in [0.3, 0.4) is 0 Å². The summed E-state index contributed by atoms with van der Waals surface area (Å²) in [7, 11) is 1.71. The third-order valence-electron chi connectivity index (χ3n) is 3.72. The second-order valence-corrected chi connectivity index (χ2v) is 5.16. The minimum Gasteiger partial charge on any atom is -0.506 e. The molecular weight excluding hydrogens is 260 g/mol. The molecule has 20 heavy (non-hydrogen) atoms. The number of urea groups is 1. The van der Waals surface area contributed by atoms with Crippen LogP contribution in [0.15, 0.2) is 18.2 Å². The number of rotatable bonds is 4. The lowest BCUT2D eigenvalue weighted by Crippen LogP contribution is -2.39. The van der Waals surface area contributed by atoms with E-state index in [9.17, 15) is 14.7 Å². The molecule has 0 bridgehead atoms. The first-order chi connectivity index (χ1) is 9.40. The highest BCUT2D eigenvalue weighted by Crippen LogP contribution is 2.35. The van der Waals surface area contributed by atoms with Gasteiger partial charge in [0.05, 0.1) is 11.3 Å². The number of anilines is 1. The number of nitrogens with zero attached hydrogens (tertiary/aromatic N) is 1. The van der Waals surface area contributed by atoms with E-state index in [1.165, 1.54) is 12.1 Å². The molecule has 3 N–H and O–H groups in total. The number of aromatic hydroxyl groups is 1. The zero-order valence-electron chi connectivity index (χ0n) is 11.5. The Kier molecular flexibility index (Phi) is 3.83. The topological polar surface area (TPSA) is 89.9 Å². The fourth-order valence-electron chi connectivity index (χ4n) is 2.05. The highest BCUT2D eigenvalue weighted by atomic mass is 16.4. The van der Waals surface area contributed by atoms with Crippen LogP contribution in [0, 0.1) is 5.92 Å². The first kappa shape index (κ1) is 14.2. The summed E-state index contributed by atoms with van der Waals surface area (Å²) in [5.74, 6) is -0.836. The Labute approximate surface area is 117 Å². The molecule has 0 radical (unpaired) electrons. The SMILES string of the molecule is CC(C1CC1)N(C)C(=O)Nc1ccc(C(=O)O)cc1O. The number of benzene rings is 1. The number of aromatic carboxylic acids is 1. The Bertz CT molecular complexity index is 540. The van der Waals surface area contributed by atoms with E-state index in [0.717, 1.165) is 18.9 Å². The maximum atomic E-state index is 12.0. The molecule has 0 aromatic heterocycles. The Morgan fingerprint density at radius 1 is 1.40 bits per heavy atom. The van der Waals surface area contributed by atoms with E-state index in [-0.39, 0.29) is 29.1 Å². The first-order valence-electron chi connectivity index (χ1n) is 6.50. The van der Waals surface area contributed by atoms with Crippen molar-refractivity contribution in [2.45, 2.75) is 25.8 Å². The van der Waals surface area contributed by atoms with Gasteiger partial charge < -0.3 is 20.4 Å². The van der Waals surface area contributed by atoms with Crippen molar-refractivity contribution in [1.29, 1.82) is 0 Å². The molecule has 0 spiro atoms. The number of hydrogen-bond acceptors (Lipinski definition) is 3. The van der Waals surface area contributed by atoms with E-state index in [0.29, 0.717) is 5.92 Å². The number of carbonyl (C=O) groups excluding carboxylic acids is 1. The molecule has 2 amide bonds. The van der Waals surface area contributed by atoms with Gasteiger partial charge in [0.25, 0.3) is 0 Å². The second kappa shape index (κ2) is 5.40. The van der Waals surface area contributed by atoms with Crippen LogP contribution in [0.2, 0.25) is 0 Å². The molecule has 108 valence electrons. The van der Waals surface area contributed by atoms with Crippen molar-refractivity contribution in [1.82, 2.24) is 4.90 Å². The third-order valence-corrected chi connectivity index (χ3v) is 3.72. The summed E-state index contributed by atoms with van der Waals surface area (Å²) in [5.41, 5.74) is 0.176. The number of phenolic OH excluding ortho intramolecular Hbond substituents is 1. The van der Waals surface area contributed by atoms with E-state index < -0.39 is 5.97 Å². The Morgan fingerprint density at radius 3 is 2.55 bits per heavy atom. The molecule has 6 heteroatoms. The second-order valence-electron chi connectivity index (χ2n) is 5.16. The molecular formula is C14H18N2O4. The van der Waals surface area contributed by atoms with Gasteiger partial charge in [0.2, 0.25) is 0 Å². The van der Waals surface area contributed by atoms with Crippen LogP contribution in [0.1, 0.15) is 30.1 Å². The monoisotopic (exact) mass is 278 g/mol. The first-order valence-corrected chi connectivity index (χ1v) is 6.50. The van der Waals surface area contributed by atoms with Crippen LogP contribution in [0.5, 0.6) is 5.75 Å². The van der Waals surface area contributed by atoms with Gasteiger partial charge in [0.1, 0.15) is 5.75 Å². The molecule has 1 fully saturated rings. The minimum atomic E-state index is -1.13. The molecule has 1 atom stereocenters. The fourth-order valence-corrected chi connectivity index (χ4v) is 2.05. The molecule has 1 aliphatic carbocycles. The summed E-state index contributed by atoms with van der Waals surface area (Å²) >= 11 is 0. The molecule has 2 rings (SSSR count). The predicted molar refractivity (Wildman–Crippen MR) is 74.0 cm³/mol. The Morgan fingerprint density at radius 2 is 2.05 bits per heavy atom. The molecule has 1 unspecified atom stereocenters. The summed E-state index contributed by atoms with van der Waals surface area (Å²) in [5, 5.41) is 21.1. The molecule has 0 saturated heterocycles. The molecule has 1 aromatic rings. The van der Waals surface area contributed by atoms with E-state index in [2.05, 4.69) is 5.32 Å². The zero-order chi connectivity index (χ0) is 14.9. The lowest BCUT2D eigenvalue weighted by Gasteiger charge is -2.25. The van der Waals surface area contributed by atoms with Gasteiger partial charge in [0, 0.05) is 13.1 Å². The number of nitrogens with one attached hydrogen (secondary N) is 1. The predicted octanol–water partition coefficient (Wildman–Crippen LogP) is 2.35. The number of carbonyl (C=O) groups is 2. The molecule has 1 saturated carbocycles. The smallest absolute Gasteiger partial charge is 0.335 e. The molecule has 6 nitrogen and oxygen atoms in total. The van der Waals surface area contributed by atoms with Crippen molar-refractivity contribution in [2.75, 3.05) is 12.4 Å². The van der Waals surface area contributed by atoms with E-state index in [1.807, 2.05) is 6.92 Å². The van der Waals surface area contributed by atoms with Gasteiger partial charge >= 0.3 is 12.0 Å². The van der Waals surface area contributed by atoms with Crippen molar-refractivity contribution in [3.8, 4) is 5.75 Å². The van der Waals surface area contributed by atoms with Crippen LogP contribution in [0.4, 0.5) is 10.5 Å². The largest absolute Gasteiger partial charge is 0.506 e. The standard InChI is InChI=1S/C14H18N2O4/c1-8(9-3-4-9)16(2)14(20)15-11-6-5-10(13(18)19)7-12(11)17/h5-9,17H,3-4H2,1-2H3,(H,15,20)(H,18,19). The van der Waals surface area contributed by atoms with Crippen LogP contribution < -0.4 is 5.32 Å². The van der Waals surface area contributed by atoms with Gasteiger partial charge in [-0.1, -0.05) is 0 Å². The van der Waals surface area contributed by atoms with Gasteiger partial charge in [-0.25, -0.2) is 9.59 Å². The minimum absolute atomic E-state index is 0.0276. The van der Waals surface area contributed by atoms with Crippen LogP contribution in [-0.2, 0) is 0 Å². The summed E-state index contributed by atoms with van der Waals surface area (Å²) in [4.78, 5) is 24.4. The maximum Gasteiger partial charge on any atom is 0.335 e. The number of phenols is 1. The lowest BCUT2D eigenvalue weighted by molar-refractivity contribution is 0.0696. The number of hydrogen-bond donors (Lipinski definition) is 3. The van der Waals surface area contributed by atoms with Gasteiger partial charge in [-0.15, -0.1) is 0 Å². The summed E-state index contributed by atoms with van der Waals surface area (Å²) in [6.45, 7) is 1.99. The van der Waals surface area contributed by atoms with Crippen LogP contribution >= 0.6 is 0 Å². The Balaban J connectivity index is 2.05. The van der Waals surface area contributed by atoms with E-state index in [4.69, 9.17) is 5.11 Å². The van der Waals surface area contributed by atoms with Crippen LogP contribution in [0.25, 0.3) is 0 Å². The number of carboxylic acid groups (broad SMARTS) is 1. The molecule has 1 aliphatic rings. The summed E-state index contributed by atoms with van der Waals surface area (Å²) < 4.78 is 0. The number of amides is 2. The molecule has 1 aromatic carbocycles. The molecule has 0 heterocycles. The van der Waals surface area contributed by atoms with Gasteiger partial charge in [-0.05, 0) is 43.9 Å². The maximum absolute atomic E-state index is 12.0. The highest BCUT2D eigenvalue weighted by Gasteiger charge is 2.32. The van der Waals surface area contributed by atoms with Crippen molar-refractivity contribution in [3.63, 3.8) is 0 Å². The average molecular weight is 278 g/mol. The van der Waals surface area contributed by atoms with Gasteiger partial charge in [-0.2, -0.15) is 0 Å². The fraction of sp³-hybridized carbons (Fsp3) is 0.429. The normalized spacial score (nSPS) is 15.5. The number of carboxylic acids is 1. The molecule has 0 aliphatic heterocycles.